The monoisotopic (exact) mass is 240 g/mol. The number of hydrogen-bond acceptors (Lipinski definition) is 2. The van der Waals surface area contributed by atoms with Gasteiger partial charge < -0.3 is 9.84 Å². The standard InChI is InChI=1S/C15H28O2/c1-15(9-5-14(16)12-15)8-3-2-4-13-6-10-17-11-7-13/h13-14,16H,2-12H2,1H3. The number of unbranched alkanes of at least 4 members (excludes halogenated alkanes) is 1. The van der Waals surface area contributed by atoms with Crippen LogP contribution in [0.1, 0.15) is 64.7 Å². The Hall–Kier alpha value is -0.0800. The van der Waals surface area contributed by atoms with Crippen molar-refractivity contribution in [2.75, 3.05) is 13.2 Å². The maximum Gasteiger partial charge on any atom is 0.0545 e. The van der Waals surface area contributed by atoms with Crippen LogP contribution in [0, 0.1) is 11.3 Å². The second-order valence-corrected chi connectivity index (χ2v) is 6.51. The first-order chi connectivity index (χ1) is 8.18. The van der Waals surface area contributed by atoms with Crippen LogP contribution in [0.2, 0.25) is 0 Å². The average Bonchev–Trinajstić information content (AvgIpc) is 2.67. The Kier molecular flexibility index (Phi) is 4.87. The first-order valence-electron chi connectivity index (χ1n) is 7.44. The minimum absolute atomic E-state index is 0.0181. The van der Waals surface area contributed by atoms with Crippen LogP contribution >= 0.6 is 0 Å². The molecule has 1 aliphatic heterocycles. The first kappa shape index (κ1) is 13.4. The summed E-state index contributed by atoms with van der Waals surface area (Å²) in [6.07, 6.45) is 11.2. The summed E-state index contributed by atoms with van der Waals surface area (Å²) in [6.45, 7) is 4.32. The lowest BCUT2D eigenvalue weighted by Crippen LogP contribution is -2.16. The van der Waals surface area contributed by atoms with Gasteiger partial charge in [-0.2, -0.15) is 0 Å². The fraction of sp³-hybridized carbons (Fsp3) is 1.00. The molecule has 2 nitrogen and oxygen atoms in total. The molecule has 0 amide bonds. The molecule has 1 N–H and O–H groups in total. The van der Waals surface area contributed by atoms with Gasteiger partial charge in [0.25, 0.3) is 0 Å². The highest BCUT2D eigenvalue weighted by Gasteiger charge is 2.33. The van der Waals surface area contributed by atoms with Gasteiger partial charge in [-0.1, -0.05) is 26.2 Å². The first-order valence-corrected chi connectivity index (χ1v) is 7.44. The van der Waals surface area contributed by atoms with Crippen molar-refractivity contribution in [3.8, 4) is 0 Å². The molecule has 0 aromatic heterocycles. The molecule has 17 heavy (non-hydrogen) atoms. The van der Waals surface area contributed by atoms with E-state index in [2.05, 4.69) is 6.92 Å². The molecule has 2 unspecified atom stereocenters. The van der Waals surface area contributed by atoms with Crippen molar-refractivity contribution in [1.82, 2.24) is 0 Å². The summed E-state index contributed by atoms with van der Waals surface area (Å²) in [5.41, 5.74) is 0.440. The van der Waals surface area contributed by atoms with Crippen molar-refractivity contribution >= 4 is 0 Å². The zero-order valence-electron chi connectivity index (χ0n) is 11.3. The smallest absolute Gasteiger partial charge is 0.0545 e. The molecule has 2 heteroatoms. The van der Waals surface area contributed by atoms with Crippen molar-refractivity contribution in [2.24, 2.45) is 11.3 Å². The summed E-state index contributed by atoms with van der Waals surface area (Å²) in [6, 6.07) is 0. The van der Waals surface area contributed by atoms with Crippen LogP contribution in [0.4, 0.5) is 0 Å². The Labute approximate surface area is 106 Å². The van der Waals surface area contributed by atoms with E-state index in [-0.39, 0.29) is 6.10 Å². The van der Waals surface area contributed by atoms with E-state index in [4.69, 9.17) is 4.74 Å². The summed E-state index contributed by atoms with van der Waals surface area (Å²) in [5, 5.41) is 9.61. The van der Waals surface area contributed by atoms with E-state index in [1.165, 1.54) is 44.9 Å². The minimum Gasteiger partial charge on any atom is -0.393 e. The maximum atomic E-state index is 9.61. The zero-order valence-corrected chi connectivity index (χ0v) is 11.3. The number of ether oxygens (including phenoxy) is 1. The van der Waals surface area contributed by atoms with Gasteiger partial charge in [0.05, 0.1) is 6.10 Å². The van der Waals surface area contributed by atoms with Gasteiger partial charge in [-0.3, -0.25) is 0 Å². The lowest BCUT2D eigenvalue weighted by Gasteiger charge is -2.25. The Morgan fingerprint density at radius 2 is 1.94 bits per heavy atom. The van der Waals surface area contributed by atoms with Crippen molar-refractivity contribution in [3.05, 3.63) is 0 Å². The van der Waals surface area contributed by atoms with Crippen LogP contribution in [0.5, 0.6) is 0 Å². The van der Waals surface area contributed by atoms with E-state index in [0.717, 1.165) is 32.0 Å². The Balaban J connectivity index is 1.56. The second-order valence-electron chi connectivity index (χ2n) is 6.51. The van der Waals surface area contributed by atoms with Gasteiger partial charge in [0.2, 0.25) is 0 Å². The SMILES string of the molecule is CC1(CCCCC2CCOCC2)CCC(O)C1. The van der Waals surface area contributed by atoms with Crippen LogP contribution in [0.15, 0.2) is 0 Å². The van der Waals surface area contributed by atoms with Gasteiger partial charge in [0.15, 0.2) is 0 Å². The van der Waals surface area contributed by atoms with Crippen LogP contribution in [0.25, 0.3) is 0 Å². The second kappa shape index (κ2) is 6.19. The molecule has 0 radical (unpaired) electrons. The molecule has 0 aromatic rings. The third-order valence-corrected chi connectivity index (χ3v) is 4.79. The molecule has 0 bridgehead atoms. The summed E-state index contributed by atoms with van der Waals surface area (Å²) >= 11 is 0. The molecule has 1 saturated heterocycles. The van der Waals surface area contributed by atoms with Crippen molar-refractivity contribution in [2.45, 2.75) is 70.8 Å². The van der Waals surface area contributed by atoms with Crippen LogP contribution in [-0.4, -0.2) is 24.4 Å². The molecule has 2 rings (SSSR count). The molecule has 100 valence electrons. The summed E-state index contributed by atoms with van der Waals surface area (Å²) < 4.78 is 5.39. The fourth-order valence-corrected chi connectivity index (χ4v) is 3.53. The van der Waals surface area contributed by atoms with Gasteiger partial charge in [0.1, 0.15) is 0 Å². The van der Waals surface area contributed by atoms with Crippen molar-refractivity contribution in [3.63, 3.8) is 0 Å². The third kappa shape index (κ3) is 4.26. The summed E-state index contributed by atoms with van der Waals surface area (Å²) in [7, 11) is 0. The van der Waals surface area contributed by atoms with Crippen molar-refractivity contribution in [1.29, 1.82) is 0 Å². The third-order valence-electron chi connectivity index (χ3n) is 4.79. The van der Waals surface area contributed by atoms with Gasteiger partial charge in [0, 0.05) is 13.2 Å². The largest absolute Gasteiger partial charge is 0.393 e. The van der Waals surface area contributed by atoms with Crippen LogP contribution in [-0.2, 0) is 4.74 Å². The molecule has 2 fully saturated rings. The van der Waals surface area contributed by atoms with E-state index in [9.17, 15) is 5.11 Å². The molecule has 1 saturated carbocycles. The predicted octanol–water partition coefficient (Wildman–Crippen LogP) is 3.52. The minimum atomic E-state index is -0.0181. The summed E-state index contributed by atoms with van der Waals surface area (Å²) in [4.78, 5) is 0. The number of rotatable bonds is 5. The quantitative estimate of drug-likeness (QED) is 0.745. The van der Waals surface area contributed by atoms with E-state index in [1.807, 2.05) is 0 Å². The Morgan fingerprint density at radius 3 is 2.59 bits per heavy atom. The molecule has 0 aromatic carbocycles. The topological polar surface area (TPSA) is 29.5 Å². The summed E-state index contributed by atoms with van der Waals surface area (Å²) in [5.74, 6) is 0.922. The van der Waals surface area contributed by atoms with Crippen molar-refractivity contribution < 1.29 is 9.84 Å². The Morgan fingerprint density at radius 1 is 1.18 bits per heavy atom. The maximum absolute atomic E-state index is 9.61. The normalized spacial score (nSPS) is 35.3. The van der Waals surface area contributed by atoms with Gasteiger partial charge >= 0.3 is 0 Å². The molecular weight excluding hydrogens is 212 g/mol. The number of aliphatic hydroxyl groups is 1. The molecule has 1 heterocycles. The molecule has 2 atom stereocenters. The highest BCUT2D eigenvalue weighted by atomic mass is 16.5. The van der Waals surface area contributed by atoms with E-state index >= 15 is 0 Å². The van der Waals surface area contributed by atoms with Crippen LogP contribution in [0.3, 0.4) is 0 Å². The van der Waals surface area contributed by atoms with Crippen LogP contribution < -0.4 is 0 Å². The van der Waals surface area contributed by atoms with E-state index in [0.29, 0.717) is 5.41 Å². The Bertz CT molecular complexity index is 223. The number of aliphatic hydroxyl groups excluding tert-OH is 1. The zero-order chi connectivity index (χ0) is 12.1. The highest BCUT2D eigenvalue weighted by Crippen LogP contribution is 2.42. The average molecular weight is 240 g/mol. The lowest BCUT2D eigenvalue weighted by atomic mass is 9.82. The highest BCUT2D eigenvalue weighted by molar-refractivity contribution is 4.85. The van der Waals surface area contributed by atoms with Gasteiger partial charge in [-0.25, -0.2) is 0 Å². The number of hydrogen-bond donors (Lipinski definition) is 1. The van der Waals surface area contributed by atoms with E-state index < -0.39 is 0 Å². The molecular formula is C15H28O2. The van der Waals surface area contributed by atoms with Gasteiger partial charge in [-0.15, -0.1) is 0 Å². The van der Waals surface area contributed by atoms with Gasteiger partial charge in [-0.05, 0) is 49.9 Å². The molecule has 0 spiro atoms. The molecule has 1 aliphatic carbocycles. The van der Waals surface area contributed by atoms with E-state index in [1.54, 1.807) is 0 Å². The lowest BCUT2D eigenvalue weighted by molar-refractivity contribution is 0.0627. The molecule has 2 aliphatic rings. The predicted molar refractivity (Wildman–Crippen MR) is 70.0 cm³/mol. The fourth-order valence-electron chi connectivity index (χ4n) is 3.53.